The molecule has 64 heavy (non-hydrogen) atoms. The second-order valence-corrected chi connectivity index (χ2v) is 14.1. The standard InChI is InChI=1S/C44H73N3O17/c1-37(48)12-19-56-25-31-63-35-29-60-23-17-46-42(51)15-22-59-28-34-62-32-26-57-20-13-39(49)10-7-18-55-24-30-61-33-27-58-21-14-41(50)45-16-6-5-11-40(43(52)53)47-44(54)64-36-38-8-3-2-4-9-38/h2-4,8-9,40H,5-7,10-36H2,1H3,(H,45,50)(H,46,51)(H,47,54)(H,52,53)/t40-/m0/s1. The molecule has 4 N–H and O–H groups in total. The van der Waals surface area contributed by atoms with Gasteiger partial charge < -0.3 is 68.4 Å². The number of ether oxygens (including phenoxy) is 10. The van der Waals surface area contributed by atoms with Crippen LogP contribution in [0.4, 0.5) is 4.79 Å². The zero-order valence-electron chi connectivity index (χ0n) is 37.7. The van der Waals surface area contributed by atoms with E-state index in [4.69, 9.17) is 47.4 Å². The van der Waals surface area contributed by atoms with Crippen molar-refractivity contribution in [3.63, 3.8) is 0 Å². The molecule has 0 saturated carbocycles. The van der Waals surface area contributed by atoms with Crippen molar-refractivity contribution in [1.29, 1.82) is 0 Å². The maximum absolute atomic E-state index is 12.1. The molecule has 1 rings (SSSR count). The van der Waals surface area contributed by atoms with Gasteiger partial charge >= 0.3 is 12.1 Å². The normalized spacial score (nSPS) is 11.5. The average molecular weight is 916 g/mol. The van der Waals surface area contributed by atoms with Crippen molar-refractivity contribution < 1.29 is 81.2 Å². The third kappa shape index (κ3) is 39.5. The molecule has 0 unspecified atom stereocenters. The van der Waals surface area contributed by atoms with Crippen LogP contribution in [0.3, 0.4) is 0 Å². The van der Waals surface area contributed by atoms with Gasteiger partial charge in [0.1, 0.15) is 24.2 Å². The Morgan fingerprint density at radius 1 is 0.500 bits per heavy atom. The molecule has 366 valence electrons. The number of carbonyl (C=O) groups is 6. The number of carboxylic acids is 1. The Morgan fingerprint density at radius 3 is 1.47 bits per heavy atom. The van der Waals surface area contributed by atoms with Crippen LogP contribution < -0.4 is 16.0 Å². The highest BCUT2D eigenvalue weighted by Gasteiger charge is 2.20. The second kappa shape index (κ2) is 42.8. The summed E-state index contributed by atoms with van der Waals surface area (Å²) in [5.74, 6) is -1.27. The highest BCUT2D eigenvalue weighted by atomic mass is 16.6. The van der Waals surface area contributed by atoms with Crippen molar-refractivity contribution in [2.75, 3.05) is 132 Å². The highest BCUT2D eigenvalue weighted by Crippen LogP contribution is 2.05. The number of amides is 3. The predicted octanol–water partition coefficient (Wildman–Crippen LogP) is 2.42. The number of carbonyl (C=O) groups excluding carboxylic acids is 5. The zero-order chi connectivity index (χ0) is 46.6. The molecule has 0 aliphatic rings. The topological polar surface area (TPSA) is 251 Å². The third-order valence-corrected chi connectivity index (χ3v) is 8.66. The second-order valence-electron chi connectivity index (χ2n) is 14.1. The number of benzene rings is 1. The van der Waals surface area contributed by atoms with Gasteiger partial charge in [-0.15, -0.1) is 0 Å². The van der Waals surface area contributed by atoms with Crippen molar-refractivity contribution in [2.45, 2.75) is 77.4 Å². The first kappa shape index (κ1) is 57.9. The molecular formula is C44H73N3O17. The van der Waals surface area contributed by atoms with Gasteiger partial charge in [-0.2, -0.15) is 0 Å². The van der Waals surface area contributed by atoms with Gasteiger partial charge in [-0.1, -0.05) is 30.3 Å². The van der Waals surface area contributed by atoms with E-state index >= 15 is 0 Å². The first-order valence-corrected chi connectivity index (χ1v) is 22.1. The van der Waals surface area contributed by atoms with Crippen LogP contribution in [-0.4, -0.2) is 179 Å². The number of ketones is 2. The zero-order valence-corrected chi connectivity index (χ0v) is 37.7. The van der Waals surface area contributed by atoms with E-state index in [-0.39, 0.29) is 62.5 Å². The van der Waals surface area contributed by atoms with Gasteiger partial charge in [0.05, 0.1) is 112 Å². The quantitative estimate of drug-likeness (QED) is 0.0686. The maximum atomic E-state index is 12.1. The Balaban J connectivity index is 1.79. The number of alkyl carbamates (subject to hydrolysis) is 1. The molecule has 20 nitrogen and oxygen atoms in total. The molecule has 0 bridgehead atoms. The van der Waals surface area contributed by atoms with Gasteiger partial charge in [-0.25, -0.2) is 9.59 Å². The van der Waals surface area contributed by atoms with Crippen molar-refractivity contribution in [3.8, 4) is 0 Å². The molecule has 1 aromatic rings. The van der Waals surface area contributed by atoms with E-state index in [2.05, 4.69) is 16.0 Å². The van der Waals surface area contributed by atoms with Gasteiger partial charge in [-0.3, -0.25) is 19.2 Å². The molecule has 0 aliphatic carbocycles. The Kier molecular flexibility index (Phi) is 38.7. The summed E-state index contributed by atoms with van der Waals surface area (Å²) in [5.41, 5.74) is 0.792. The number of hydrogen-bond acceptors (Lipinski definition) is 16. The lowest BCUT2D eigenvalue weighted by molar-refractivity contribution is -0.139. The fourth-order valence-corrected chi connectivity index (χ4v) is 5.16. The summed E-state index contributed by atoms with van der Waals surface area (Å²) in [4.78, 5) is 70.3. The number of Topliss-reactive ketones (excluding diaryl/α,β-unsaturated/α-hetero) is 2. The molecular weight excluding hydrogens is 842 g/mol. The van der Waals surface area contributed by atoms with Crippen molar-refractivity contribution in [1.82, 2.24) is 16.0 Å². The number of carboxylic acid groups (broad SMARTS) is 1. The van der Waals surface area contributed by atoms with Gasteiger partial charge in [0, 0.05) is 51.8 Å². The molecule has 0 saturated heterocycles. The maximum Gasteiger partial charge on any atom is 0.408 e. The SMILES string of the molecule is CC(=O)CCOCCOCCOCCNC(=O)CCOCCOCCOCCC(=O)CCCOCCOCCOCCC(=O)NCCCC[C@H](NC(=O)OCc1ccccc1)C(=O)O. The number of hydrogen-bond donors (Lipinski definition) is 4. The van der Waals surface area contributed by atoms with Gasteiger partial charge in [-0.05, 0) is 38.2 Å². The summed E-state index contributed by atoms with van der Waals surface area (Å²) >= 11 is 0. The number of unbranched alkanes of at least 4 members (excludes halogenated alkanes) is 1. The van der Waals surface area contributed by atoms with Crippen LogP contribution in [0.25, 0.3) is 0 Å². The van der Waals surface area contributed by atoms with E-state index in [0.29, 0.717) is 157 Å². The summed E-state index contributed by atoms with van der Waals surface area (Å²) in [5, 5.41) is 17.3. The minimum absolute atomic E-state index is 0.0397. The highest BCUT2D eigenvalue weighted by molar-refractivity contribution is 5.80. The lowest BCUT2D eigenvalue weighted by Gasteiger charge is -2.14. The Morgan fingerprint density at radius 2 is 0.953 bits per heavy atom. The smallest absolute Gasteiger partial charge is 0.408 e. The van der Waals surface area contributed by atoms with Gasteiger partial charge in [0.25, 0.3) is 0 Å². The first-order valence-electron chi connectivity index (χ1n) is 22.1. The van der Waals surface area contributed by atoms with Crippen LogP contribution in [0, 0.1) is 0 Å². The minimum atomic E-state index is -1.16. The number of aliphatic carboxylic acids is 1. The van der Waals surface area contributed by atoms with Crippen molar-refractivity contribution in [3.05, 3.63) is 35.9 Å². The van der Waals surface area contributed by atoms with E-state index in [0.717, 1.165) is 5.56 Å². The van der Waals surface area contributed by atoms with Crippen molar-refractivity contribution in [2.24, 2.45) is 0 Å². The molecule has 0 aromatic heterocycles. The van der Waals surface area contributed by atoms with Crippen LogP contribution in [-0.2, 0) is 77.9 Å². The molecule has 1 aromatic carbocycles. The monoisotopic (exact) mass is 915 g/mol. The van der Waals surface area contributed by atoms with E-state index in [9.17, 15) is 33.9 Å². The van der Waals surface area contributed by atoms with Gasteiger partial charge in [0.15, 0.2) is 0 Å². The lowest BCUT2D eigenvalue weighted by Crippen LogP contribution is -2.41. The fourth-order valence-electron chi connectivity index (χ4n) is 5.16. The summed E-state index contributed by atoms with van der Waals surface area (Å²) in [6.07, 6.45) is 2.57. The summed E-state index contributed by atoms with van der Waals surface area (Å²) in [6.45, 7) is 8.98. The fraction of sp³-hybridized carbons (Fsp3) is 0.727. The molecule has 20 heteroatoms. The number of rotatable bonds is 46. The van der Waals surface area contributed by atoms with E-state index < -0.39 is 18.1 Å². The summed E-state index contributed by atoms with van der Waals surface area (Å²) < 4.78 is 53.9. The minimum Gasteiger partial charge on any atom is -0.480 e. The van der Waals surface area contributed by atoms with E-state index in [1.54, 1.807) is 12.1 Å². The average Bonchev–Trinajstić information content (AvgIpc) is 3.27. The third-order valence-electron chi connectivity index (χ3n) is 8.66. The molecule has 1 atom stereocenters. The largest absolute Gasteiger partial charge is 0.480 e. The Hall–Kier alpha value is -4.12. The number of nitrogens with one attached hydrogen (secondary N) is 3. The lowest BCUT2D eigenvalue weighted by atomic mass is 10.1. The molecule has 0 aliphatic heterocycles. The molecule has 0 radical (unpaired) electrons. The van der Waals surface area contributed by atoms with Crippen LogP contribution in [0.2, 0.25) is 0 Å². The van der Waals surface area contributed by atoms with E-state index in [1.807, 2.05) is 18.2 Å². The molecule has 0 fully saturated rings. The van der Waals surface area contributed by atoms with E-state index in [1.165, 1.54) is 6.92 Å². The van der Waals surface area contributed by atoms with Crippen LogP contribution in [0.5, 0.6) is 0 Å². The van der Waals surface area contributed by atoms with Crippen molar-refractivity contribution >= 4 is 35.4 Å². The first-order chi connectivity index (χ1) is 31.2. The van der Waals surface area contributed by atoms with Gasteiger partial charge in [0.2, 0.25) is 11.8 Å². The molecule has 0 spiro atoms. The predicted molar refractivity (Wildman–Crippen MR) is 232 cm³/mol. The summed E-state index contributed by atoms with van der Waals surface area (Å²) in [7, 11) is 0. The van der Waals surface area contributed by atoms with Crippen LogP contribution >= 0.6 is 0 Å². The summed E-state index contributed by atoms with van der Waals surface area (Å²) in [6, 6.07) is 7.98. The molecule has 3 amide bonds. The van der Waals surface area contributed by atoms with Crippen LogP contribution in [0.1, 0.15) is 70.3 Å². The van der Waals surface area contributed by atoms with Crippen LogP contribution in [0.15, 0.2) is 30.3 Å². The molecule has 0 heterocycles. The Bertz CT molecular complexity index is 1360. The Labute approximate surface area is 377 Å².